The van der Waals surface area contributed by atoms with E-state index in [0.29, 0.717) is 0 Å². The van der Waals surface area contributed by atoms with E-state index in [1.165, 1.54) is 0 Å². The molecule has 13 heavy (non-hydrogen) atoms. The topological polar surface area (TPSA) is 86.6 Å². The quantitative estimate of drug-likeness (QED) is 0.568. The first-order chi connectivity index (χ1) is 5.46. The molecule has 0 unspecified atom stereocenters. The standard InChI is InChI=1S/C7H17NO4S/c1-6(2,7(3,4)9)8-5-13(10,11)12/h8-9H,5H2,1-4H3,(H,10,11,12). The van der Waals surface area contributed by atoms with Gasteiger partial charge in [-0.1, -0.05) is 0 Å². The highest BCUT2D eigenvalue weighted by atomic mass is 32.2. The number of hydrogen-bond donors (Lipinski definition) is 3. The molecule has 0 aliphatic rings. The van der Waals surface area contributed by atoms with Crippen molar-refractivity contribution >= 4 is 10.1 Å². The van der Waals surface area contributed by atoms with Gasteiger partial charge in [-0.3, -0.25) is 9.87 Å². The molecule has 3 N–H and O–H groups in total. The van der Waals surface area contributed by atoms with Crippen molar-refractivity contribution < 1.29 is 18.1 Å². The molecule has 0 aromatic carbocycles. The number of aliphatic hydroxyl groups is 1. The summed E-state index contributed by atoms with van der Waals surface area (Å²) in [5, 5.41) is 12.2. The van der Waals surface area contributed by atoms with E-state index in [4.69, 9.17) is 4.55 Å². The van der Waals surface area contributed by atoms with E-state index in [1.807, 2.05) is 0 Å². The maximum atomic E-state index is 10.4. The Morgan fingerprint density at radius 3 is 1.85 bits per heavy atom. The maximum absolute atomic E-state index is 10.4. The van der Waals surface area contributed by atoms with E-state index in [1.54, 1.807) is 27.7 Å². The molecule has 6 heteroatoms. The zero-order valence-electron chi connectivity index (χ0n) is 8.33. The molecular weight excluding hydrogens is 194 g/mol. The van der Waals surface area contributed by atoms with Crippen molar-refractivity contribution in [2.45, 2.75) is 38.8 Å². The normalized spacial score (nSPS) is 14.6. The van der Waals surface area contributed by atoms with E-state index < -0.39 is 27.1 Å². The summed E-state index contributed by atoms with van der Waals surface area (Å²) in [5.74, 6) is -0.565. The smallest absolute Gasteiger partial charge is 0.278 e. The summed E-state index contributed by atoms with van der Waals surface area (Å²) in [6.45, 7) is 6.42. The van der Waals surface area contributed by atoms with E-state index in [0.717, 1.165) is 0 Å². The van der Waals surface area contributed by atoms with Crippen LogP contribution >= 0.6 is 0 Å². The number of hydrogen-bond acceptors (Lipinski definition) is 4. The lowest BCUT2D eigenvalue weighted by molar-refractivity contribution is -0.00200. The van der Waals surface area contributed by atoms with E-state index >= 15 is 0 Å². The lowest BCUT2D eigenvalue weighted by Gasteiger charge is -2.37. The van der Waals surface area contributed by atoms with Crippen LogP contribution in [0.3, 0.4) is 0 Å². The van der Waals surface area contributed by atoms with Crippen molar-refractivity contribution in [2.75, 3.05) is 5.88 Å². The van der Waals surface area contributed by atoms with Gasteiger partial charge in [0.2, 0.25) is 0 Å². The Bertz CT molecular complexity index is 263. The molecule has 0 aliphatic heterocycles. The maximum Gasteiger partial charge on any atom is 0.278 e. The summed E-state index contributed by atoms with van der Waals surface area (Å²) < 4.78 is 29.3. The third-order valence-electron chi connectivity index (χ3n) is 2.23. The predicted octanol–water partition coefficient (Wildman–Crippen LogP) is -0.0292. The first kappa shape index (κ1) is 12.8. The SMILES string of the molecule is CC(C)(O)C(C)(C)NCS(=O)(=O)O. The van der Waals surface area contributed by atoms with Gasteiger partial charge in [-0.2, -0.15) is 8.42 Å². The van der Waals surface area contributed by atoms with Crippen LogP contribution in [0.25, 0.3) is 0 Å². The molecule has 0 saturated carbocycles. The van der Waals surface area contributed by atoms with Crippen LogP contribution in [0.1, 0.15) is 27.7 Å². The van der Waals surface area contributed by atoms with Crippen molar-refractivity contribution in [3.63, 3.8) is 0 Å². The molecule has 0 atom stereocenters. The average molecular weight is 211 g/mol. The molecule has 0 aliphatic carbocycles. The molecule has 0 spiro atoms. The summed E-state index contributed by atoms with van der Waals surface area (Å²) >= 11 is 0. The zero-order valence-corrected chi connectivity index (χ0v) is 9.14. The minimum atomic E-state index is -4.04. The Morgan fingerprint density at radius 2 is 1.62 bits per heavy atom. The Morgan fingerprint density at radius 1 is 1.23 bits per heavy atom. The Kier molecular flexibility index (Phi) is 3.48. The van der Waals surface area contributed by atoms with E-state index in [-0.39, 0.29) is 0 Å². The van der Waals surface area contributed by atoms with E-state index in [2.05, 4.69) is 5.32 Å². The third-order valence-corrected chi connectivity index (χ3v) is 2.74. The van der Waals surface area contributed by atoms with Crippen LogP contribution in [0.2, 0.25) is 0 Å². The highest BCUT2D eigenvalue weighted by Crippen LogP contribution is 2.20. The monoisotopic (exact) mass is 211 g/mol. The van der Waals surface area contributed by atoms with Gasteiger partial charge in [0, 0.05) is 5.54 Å². The largest absolute Gasteiger partial charge is 0.389 e. The molecule has 0 rings (SSSR count). The van der Waals surface area contributed by atoms with Gasteiger partial charge in [0.15, 0.2) is 0 Å². The van der Waals surface area contributed by atoms with Gasteiger partial charge in [0.05, 0.1) is 5.60 Å². The summed E-state index contributed by atoms with van der Waals surface area (Å²) in [6, 6.07) is 0. The fraction of sp³-hybridized carbons (Fsp3) is 1.00. The summed E-state index contributed by atoms with van der Waals surface area (Å²) in [4.78, 5) is 0. The van der Waals surface area contributed by atoms with Gasteiger partial charge in [-0.25, -0.2) is 0 Å². The molecule has 0 heterocycles. The van der Waals surface area contributed by atoms with Crippen LogP contribution in [-0.2, 0) is 10.1 Å². The molecule has 0 radical (unpaired) electrons. The fourth-order valence-corrected chi connectivity index (χ4v) is 1.03. The van der Waals surface area contributed by atoms with Crippen molar-refractivity contribution in [1.82, 2.24) is 5.32 Å². The van der Waals surface area contributed by atoms with Crippen molar-refractivity contribution in [3.05, 3.63) is 0 Å². The van der Waals surface area contributed by atoms with Gasteiger partial charge in [-0.05, 0) is 27.7 Å². The van der Waals surface area contributed by atoms with Crippen LogP contribution in [0.4, 0.5) is 0 Å². The summed E-state index contributed by atoms with van der Waals surface area (Å²) in [7, 11) is -4.04. The van der Waals surface area contributed by atoms with Crippen molar-refractivity contribution in [2.24, 2.45) is 0 Å². The molecule has 0 amide bonds. The lowest BCUT2D eigenvalue weighted by Crippen LogP contribution is -2.56. The van der Waals surface area contributed by atoms with Crippen LogP contribution in [0, 0.1) is 0 Å². The van der Waals surface area contributed by atoms with Crippen LogP contribution in [0.5, 0.6) is 0 Å². The van der Waals surface area contributed by atoms with Gasteiger partial charge in [0.1, 0.15) is 5.88 Å². The zero-order chi connectivity index (χ0) is 10.9. The Labute approximate surface area is 78.9 Å². The molecule has 5 nitrogen and oxygen atoms in total. The first-order valence-electron chi connectivity index (χ1n) is 3.88. The Balaban J connectivity index is 4.38. The lowest BCUT2D eigenvalue weighted by atomic mass is 9.86. The highest BCUT2D eigenvalue weighted by Gasteiger charge is 2.35. The fourth-order valence-electron chi connectivity index (χ4n) is 0.488. The molecule has 0 fully saturated rings. The summed E-state index contributed by atoms with van der Waals surface area (Å²) in [5.41, 5.74) is -1.86. The van der Waals surface area contributed by atoms with Crippen molar-refractivity contribution in [1.29, 1.82) is 0 Å². The Hall–Kier alpha value is -0.170. The molecule has 0 saturated heterocycles. The second kappa shape index (κ2) is 3.53. The van der Waals surface area contributed by atoms with E-state index in [9.17, 15) is 13.5 Å². The van der Waals surface area contributed by atoms with Gasteiger partial charge in [0.25, 0.3) is 10.1 Å². The van der Waals surface area contributed by atoms with Gasteiger partial charge in [-0.15, -0.1) is 0 Å². The van der Waals surface area contributed by atoms with Gasteiger partial charge >= 0.3 is 0 Å². The molecule has 0 bridgehead atoms. The second-order valence-corrected chi connectivity index (χ2v) is 5.54. The molecular formula is C7H17NO4S. The third kappa shape index (κ3) is 4.56. The predicted molar refractivity (Wildman–Crippen MR) is 49.9 cm³/mol. The number of rotatable bonds is 4. The molecule has 0 aromatic heterocycles. The van der Waals surface area contributed by atoms with Crippen LogP contribution < -0.4 is 5.32 Å². The second-order valence-electron chi connectivity index (χ2n) is 4.09. The molecule has 80 valence electrons. The van der Waals surface area contributed by atoms with Crippen molar-refractivity contribution in [3.8, 4) is 0 Å². The summed E-state index contributed by atoms with van der Waals surface area (Å²) in [6.07, 6.45) is 0. The average Bonchev–Trinajstić information content (AvgIpc) is 1.79. The number of nitrogens with one attached hydrogen (secondary N) is 1. The van der Waals surface area contributed by atoms with Crippen LogP contribution in [-0.4, -0.2) is 35.1 Å². The van der Waals surface area contributed by atoms with Gasteiger partial charge < -0.3 is 5.11 Å². The first-order valence-corrected chi connectivity index (χ1v) is 5.49. The highest BCUT2D eigenvalue weighted by molar-refractivity contribution is 7.85. The minimum absolute atomic E-state index is 0.565. The van der Waals surface area contributed by atoms with Crippen LogP contribution in [0.15, 0.2) is 0 Å². The molecule has 0 aromatic rings. The minimum Gasteiger partial charge on any atom is -0.389 e.